The lowest BCUT2D eigenvalue weighted by atomic mass is 10.1. The first-order valence-electron chi connectivity index (χ1n) is 10.3. The van der Waals surface area contributed by atoms with Gasteiger partial charge in [0, 0.05) is 35.3 Å². The molecule has 2 aromatic heterocycles. The van der Waals surface area contributed by atoms with Crippen molar-refractivity contribution in [3.05, 3.63) is 89.3 Å². The van der Waals surface area contributed by atoms with Gasteiger partial charge in [0.1, 0.15) is 23.2 Å². The fourth-order valence-electron chi connectivity index (χ4n) is 3.60. The highest BCUT2D eigenvalue weighted by molar-refractivity contribution is 6.01. The number of methoxy groups -OCH3 is 1. The standard InChI is InChI=1S/C26H21N3O4/c1-32-26(31)22-8-3-2-7-21(22)24-11-10-19(33-24)14-18(15-27)25(30)28-13-12-17-16-29-23-9-5-4-6-20(17)23/h2-11,14,16,29H,12-13H2,1H3,(H,28,30)/b18-14-. The zero-order valence-corrected chi connectivity index (χ0v) is 17.9. The maximum Gasteiger partial charge on any atom is 0.338 e. The molecule has 0 atom stereocenters. The minimum Gasteiger partial charge on any atom is -0.465 e. The second-order valence-corrected chi connectivity index (χ2v) is 7.27. The Labute approximate surface area is 190 Å². The van der Waals surface area contributed by atoms with E-state index in [4.69, 9.17) is 9.15 Å². The van der Waals surface area contributed by atoms with Gasteiger partial charge in [-0.2, -0.15) is 5.26 Å². The summed E-state index contributed by atoms with van der Waals surface area (Å²) in [5.74, 6) is -0.205. The number of amides is 1. The van der Waals surface area contributed by atoms with Gasteiger partial charge in [-0.1, -0.05) is 36.4 Å². The number of hydrogen-bond donors (Lipinski definition) is 2. The van der Waals surface area contributed by atoms with E-state index in [0.717, 1.165) is 16.5 Å². The van der Waals surface area contributed by atoms with Gasteiger partial charge >= 0.3 is 5.97 Å². The first-order chi connectivity index (χ1) is 16.1. The third-order valence-electron chi connectivity index (χ3n) is 5.23. The predicted molar refractivity (Wildman–Crippen MR) is 124 cm³/mol. The van der Waals surface area contributed by atoms with Gasteiger partial charge in [-0.3, -0.25) is 4.79 Å². The van der Waals surface area contributed by atoms with Crippen LogP contribution in [0.2, 0.25) is 0 Å². The molecule has 0 saturated heterocycles. The summed E-state index contributed by atoms with van der Waals surface area (Å²) in [6.45, 7) is 0.385. The molecule has 0 spiro atoms. The Morgan fingerprint density at radius 3 is 2.73 bits per heavy atom. The SMILES string of the molecule is COC(=O)c1ccccc1-c1ccc(/C=C(/C#N)C(=O)NCCc2c[nH]c3ccccc23)o1. The van der Waals surface area contributed by atoms with Gasteiger partial charge in [0.15, 0.2) is 0 Å². The van der Waals surface area contributed by atoms with Crippen molar-refractivity contribution in [2.75, 3.05) is 13.7 Å². The van der Waals surface area contributed by atoms with Gasteiger partial charge < -0.3 is 19.5 Å². The number of ether oxygens (including phenoxy) is 1. The van der Waals surface area contributed by atoms with E-state index in [1.807, 2.05) is 36.5 Å². The number of esters is 1. The number of furan rings is 1. The van der Waals surface area contributed by atoms with Crippen LogP contribution in [0.5, 0.6) is 0 Å². The van der Waals surface area contributed by atoms with Crippen LogP contribution in [-0.4, -0.2) is 30.5 Å². The first kappa shape index (κ1) is 21.7. The zero-order chi connectivity index (χ0) is 23.2. The Bertz CT molecular complexity index is 1390. The van der Waals surface area contributed by atoms with Gasteiger partial charge in [0.25, 0.3) is 5.91 Å². The number of aromatic nitrogens is 1. The topological polar surface area (TPSA) is 108 Å². The van der Waals surface area contributed by atoms with Crippen LogP contribution in [0.25, 0.3) is 28.3 Å². The molecule has 0 radical (unpaired) electrons. The maximum absolute atomic E-state index is 12.5. The normalized spacial score (nSPS) is 11.2. The molecule has 0 aliphatic carbocycles. The average Bonchev–Trinajstić information content (AvgIpc) is 3.49. The minimum atomic E-state index is -0.481. The van der Waals surface area contributed by atoms with E-state index in [0.29, 0.717) is 35.6 Å². The number of carbonyl (C=O) groups excluding carboxylic acids is 2. The third-order valence-corrected chi connectivity index (χ3v) is 5.23. The van der Waals surface area contributed by atoms with E-state index in [1.165, 1.54) is 13.2 Å². The number of para-hydroxylation sites is 1. The van der Waals surface area contributed by atoms with Crippen LogP contribution in [0.3, 0.4) is 0 Å². The molecule has 2 heterocycles. The Kier molecular flexibility index (Phi) is 6.37. The summed E-state index contributed by atoms with van der Waals surface area (Å²) in [5.41, 5.74) is 2.98. The van der Waals surface area contributed by atoms with Gasteiger partial charge in [-0.05, 0) is 36.2 Å². The molecule has 1 amide bonds. The predicted octanol–water partition coefficient (Wildman–Crippen LogP) is 4.48. The summed E-state index contributed by atoms with van der Waals surface area (Å²) >= 11 is 0. The van der Waals surface area contributed by atoms with Crippen LogP contribution < -0.4 is 5.32 Å². The Morgan fingerprint density at radius 1 is 1.12 bits per heavy atom. The van der Waals surface area contributed by atoms with Crippen molar-refractivity contribution in [2.45, 2.75) is 6.42 Å². The highest BCUT2D eigenvalue weighted by atomic mass is 16.5. The first-order valence-corrected chi connectivity index (χ1v) is 10.3. The smallest absolute Gasteiger partial charge is 0.338 e. The number of fused-ring (bicyclic) bond motifs is 1. The van der Waals surface area contributed by atoms with Crippen molar-refractivity contribution in [2.24, 2.45) is 0 Å². The molecule has 4 rings (SSSR count). The molecule has 7 nitrogen and oxygen atoms in total. The number of rotatable bonds is 7. The molecule has 4 aromatic rings. The van der Waals surface area contributed by atoms with E-state index in [-0.39, 0.29) is 5.57 Å². The summed E-state index contributed by atoms with van der Waals surface area (Å²) in [5, 5.41) is 13.4. The van der Waals surface area contributed by atoms with Crippen LogP contribution in [0.1, 0.15) is 21.7 Å². The molecule has 0 bridgehead atoms. The van der Waals surface area contributed by atoms with E-state index in [9.17, 15) is 14.9 Å². The summed E-state index contributed by atoms with van der Waals surface area (Å²) in [6.07, 6.45) is 3.93. The highest BCUT2D eigenvalue weighted by Crippen LogP contribution is 2.27. The van der Waals surface area contributed by atoms with E-state index in [1.54, 1.807) is 36.4 Å². The molecule has 2 aromatic carbocycles. The largest absolute Gasteiger partial charge is 0.465 e. The van der Waals surface area contributed by atoms with Gasteiger partial charge in [0.05, 0.1) is 12.7 Å². The van der Waals surface area contributed by atoms with Crippen molar-refractivity contribution in [3.63, 3.8) is 0 Å². The number of carbonyl (C=O) groups is 2. The maximum atomic E-state index is 12.5. The lowest BCUT2D eigenvalue weighted by Gasteiger charge is -2.05. The molecule has 2 N–H and O–H groups in total. The molecular weight excluding hydrogens is 418 g/mol. The van der Waals surface area contributed by atoms with Crippen LogP contribution in [0.4, 0.5) is 0 Å². The van der Waals surface area contributed by atoms with Gasteiger partial charge in [-0.25, -0.2) is 4.79 Å². The number of nitrogens with zero attached hydrogens (tertiary/aromatic N) is 1. The molecule has 0 saturated carbocycles. The number of hydrogen-bond acceptors (Lipinski definition) is 5. The van der Waals surface area contributed by atoms with Gasteiger partial charge in [0.2, 0.25) is 0 Å². The zero-order valence-electron chi connectivity index (χ0n) is 17.9. The third kappa shape index (κ3) is 4.70. The molecule has 33 heavy (non-hydrogen) atoms. The quantitative estimate of drug-likeness (QED) is 0.251. The van der Waals surface area contributed by atoms with Crippen molar-refractivity contribution in [1.29, 1.82) is 5.26 Å². The lowest BCUT2D eigenvalue weighted by Crippen LogP contribution is -2.26. The molecule has 0 aliphatic rings. The van der Waals surface area contributed by atoms with E-state index in [2.05, 4.69) is 10.3 Å². The number of benzene rings is 2. The summed E-state index contributed by atoms with van der Waals surface area (Å²) < 4.78 is 10.6. The van der Waals surface area contributed by atoms with Crippen molar-refractivity contribution < 1.29 is 18.7 Å². The van der Waals surface area contributed by atoms with E-state index < -0.39 is 11.9 Å². The Hall–Kier alpha value is -4.57. The molecule has 0 aliphatic heterocycles. The molecule has 7 heteroatoms. The van der Waals surface area contributed by atoms with Crippen molar-refractivity contribution in [3.8, 4) is 17.4 Å². The highest BCUT2D eigenvalue weighted by Gasteiger charge is 2.16. The summed E-state index contributed by atoms with van der Waals surface area (Å²) in [6, 6.07) is 20.1. The van der Waals surface area contributed by atoms with Crippen molar-refractivity contribution >= 4 is 28.9 Å². The molecule has 0 fully saturated rings. The second-order valence-electron chi connectivity index (χ2n) is 7.27. The number of aromatic amines is 1. The van der Waals surface area contributed by atoms with E-state index >= 15 is 0 Å². The number of H-pyrrole nitrogens is 1. The second kappa shape index (κ2) is 9.71. The van der Waals surface area contributed by atoms with Crippen molar-refractivity contribution in [1.82, 2.24) is 10.3 Å². The molecule has 0 unspecified atom stereocenters. The molecular formula is C26H21N3O4. The summed E-state index contributed by atoms with van der Waals surface area (Å²) in [4.78, 5) is 27.7. The fourth-order valence-corrected chi connectivity index (χ4v) is 3.60. The Morgan fingerprint density at radius 2 is 1.91 bits per heavy atom. The van der Waals surface area contributed by atoms with Gasteiger partial charge in [-0.15, -0.1) is 0 Å². The Balaban J connectivity index is 1.45. The van der Waals surface area contributed by atoms with Crippen LogP contribution in [-0.2, 0) is 16.0 Å². The number of nitrogens with one attached hydrogen (secondary N) is 2. The lowest BCUT2D eigenvalue weighted by molar-refractivity contribution is -0.117. The monoisotopic (exact) mass is 439 g/mol. The molecule has 164 valence electrons. The summed E-state index contributed by atoms with van der Waals surface area (Å²) in [7, 11) is 1.31. The fraction of sp³-hybridized carbons (Fsp3) is 0.115. The van der Waals surface area contributed by atoms with Crippen LogP contribution >= 0.6 is 0 Å². The average molecular weight is 439 g/mol. The van der Waals surface area contributed by atoms with Crippen LogP contribution in [0.15, 0.2) is 76.9 Å². The number of nitriles is 1. The minimum absolute atomic E-state index is 0.0731. The van der Waals surface area contributed by atoms with Crippen LogP contribution in [0, 0.1) is 11.3 Å².